The number of nitrogens with zero attached hydrogens (tertiary/aromatic N) is 1. The standard InChI is InChI=1S/C7H10FNO/c8-7-5-9(6-7)3-1-2-4-10/h1-2,4,7H,3,5-6H2/b2-1+. The molecule has 0 amide bonds. The zero-order chi connectivity index (χ0) is 7.40. The monoisotopic (exact) mass is 143 g/mol. The van der Waals surface area contributed by atoms with Gasteiger partial charge in [-0.05, 0) is 6.08 Å². The quantitative estimate of drug-likeness (QED) is 0.421. The molecule has 0 aromatic rings. The summed E-state index contributed by atoms with van der Waals surface area (Å²) in [5, 5.41) is 0. The summed E-state index contributed by atoms with van der Waals surface area (Å²) < 4.78 is 12.1. The zero-order valence-corrected chi connectivity index (χ0v) is 5.66. The molecule has 3 heteroatoms. The van der Waals surface area contributed by atoms with Gasteiger partial charge in [0.25, 0.3) is 0 Å². The first kappa shape index (κ1) is 7.41. The molecule has 0 aliphatic carbocycles. The predicted molar refractivity (Wildman–Crippen MR) is 36.5 cm³/mol. The van der Waals surface area contributed by atoms with Gasteiger partial charge in [0.05, 0.1) is 0 Å². The molecule has 1 fully saturated rings. The molecule has 0 radical (unpaired) electrons. The fourth-order valence-electron chi connectivity index (χ4n) is 0.921. The second kappa shape index (κ2) is 3.46. The van der Waals surface area contributed by atoms with Crippen molar-refractivity contribution in [2.75, 3.05) is 19.6 Å². The molecule has 1 heterocycles. The fourth-order valence-corrected chi connectivity index (χ4v) is 0.921. The average Bonchev–Trinajstić information content (AvgIpc) is 1.85. The van der Waals surface area contributed by atoms with Gasteiger partial charge in [0.1, 0.15) is 12.5 Å². The third-order valence-corrected chi connectivity index (χ3v) is 1.49. The predicted octanol–water partition coefficient (Wildman–Crippen LogP) is 0.395. The molecule has 0 atom stereocenters. The van der Waals surface area contributed by atoms with Gasteiger partial charge in [-0.15, -0.1) is 0 Å². The minimum absolute atomic E-state index is 0.517. The van der Waals surface area contributed by atoms with E-state index in [1.165, 1.54) is 6.08 Å². The Hall–Kier alpha value is -0.700. The average molecular weight is 143 g/mol. The largest absolute Gasteiger partial charge is 0.299 e. The number of rotatable bonds is 3. The summed E-state index contributed by atoms with van der Waals surface area (Å²) in [7, 11) is 0. The highest BCUT2D eigenvalue weighted by atomic mass is 19.1. The van der Waals surface area contributed by atoms with Gasteiger partial charge in [-0.1, -0.05) is 6.08 Å². The highest BCUT2D eigenvalue weighted by Crippen LogP contribution is 2.09. The van der Waals surface area contributed by atoms with Crippen LogP contribution in [0.4, 0.5) is 4.39 Å². The molecule has 2 nitrogen and oxygen atoms in total. The van der Waals surface area contributed by atoms with Gasteiger partial charge in [0.15, 0.2) is 0 Å². The van der Waals surface area contributed by atoms with E-state index in [1.54, 1.807) is 6.08 Å². The SMILES string of the molecule is O=C/C=C/CN1CC(F)C1. The van der Waals surface area contributed by atoms with Crippen molar-refractivity contribution in [2.45, 2.75) is 6.17 Å². The molecule has 56 valence electrons. The summed E-state index contributed by atoms with van der Waals surface area (Å²) in [5.41, 5.74) is 0. The van der Waals surface area contributed by atoms with E-state index in [4.69, 9.17) is 0 Å². The summed E-state index contributed by atoms with van der Waals surface area (Å²) in [6.45, 7) is 1.73. The molecule has 0 N–H and O–H groups in total. The van der Waals surface area contributed by atoms with Crippen LogP contribution in [-0.4, -0.2) is 37.0 Å². The van der Waals surface area contributed by atoms with Gasteiger partial charge in [0.2, 0.25) is 0 Å². The number of aldehydes is 1. The number of hydrogen-bond acceptors (Lipinski definition) is 2. The summed E-state index contributed by atoms with van der Waals surface area (Å²) in [4.78, 5) is 11.7. The zero-order valence-electron chi connectivity index (χ0n) is 5.66. The van der Waals surface area contributed by atoms with Crippen molar-refractivity contribution in [2.24, 2.45) is 0 Å². The van der Waals surface area contributed by atoms with Gasteiger partial charge in [0, 0.05) is 19.6 Å². The van der Waals surface area contributed by atoms with Crippen molar-refractivity contribution in [1.29, 1.82) is 0 Å². The van der Waals surface area contributed by atoms with Crippen LogP contribution >= 0.6 is 0 Å². The first-order chi connectivity index (χ1) is 4.83. The third-order valence-electron chi connectivity index (χ3n) is 1.49. The van der Waals surface area contributed by atoms with Crippen molar-refractivity contribution in [3.8, 4) is 0 Å². The number of carbonyl (C=O) groups excluding carboxylic acids is 1. The molecular weight excluding hydrogens is 133 g/mol. The Kier molecular flexibility index (Phi) is 2.57. The number of hydrogen-bond donors (Lipinski definition) is 0. The lowest BCUT2D eigenvalue weighted by Gasteiger charge is -2.32. The minimum Gasteiger partial charge on any atom is -0.299 e. The molecule has 0 aromatic heterocycles. The number of alkyl halides is 1. The molecule has 0 spiro atoms. The number of carbonyl (C=O) groups is 1. The summed E-state index contributed by atoms with van der Waals surface area (Å²) in [5.74, 6) is 0. The smallest absolute Gasteiger partial charge is 0.142 e. The molecule has 0 saturated carbocycles. The van der Waals surface area contributed by atoms with Crippen LogP contribution in [-0.2, 0) is 4.79 Å². The number of allylic oxidation sites excluding steroid dienone is 1. The van der Waals surface area contributed by atoms with Gasteiger partial charge in [-0.25, -0.2) is 4.39 Å². The third kappa shape index (κ3) is 1.92. The van der Waals surface area contributed by atoms with Crippen LogP contribution < -0.4 is 0 Å². The number of likely N-dealkylation sites (tertiary alicyclic amines) is 1. The molecule has 1 rings (SSSR count). The van der Waals surface area contributed by atoms with Gasteiger partial charge in [-0.2, -0.15) is 0 Å². The van der Waals surface area contributed by atoms with Crippen molar-refractivity contribution in [1.82, 2.24) is 4.90 Å². The molecule has 1 aliphatic rings. The van der Waals surface area contributed by atoms with Crippen LogP contribution in [0.2, 0.25) is 0 Å². The second-order valence-electron chi connectivity index (χ2n) is 2.38. The van der Waals surface area contributed by atoms with E-state index in [0.717, 1.165) is 6.29 Å². The second-order valence-corrected chi connectivity index (χ2v) is 2.38. The normalized spacial score (nSPS) is 21.3. The molecular formula is C7H10FNO. The molecule has 1 aliphatic heterocycles. The first-order valence-electron chi connectivity index (χ1n) is 3.29. The van der Waals surface area contributed by atoms with Gasteiger partial charge >= 0.3 is 0 Å². The van der Waals surface area contributed by atoms with Crippen molar-refractivity contribution in [3.63, 3.8) is 0 Å². The molecule has 1 saturated heterocycles. The van der Waals surface area contributed by atoms with E-state index >= 15 is 0 Å². The lowest BCUT2D eigenvalue weighted by Crippen LogP contribution is -2.48. The van der Waals surface area contributed by atoms with Gasteiger partial charge < -0.3 is 0 Å². The van der Waals surface area contributed by atoms with Crippen molar-refractivity contribution >= 4 is 6.29 Å². The van der Waals surface area contributed by atoms with Crippen molar-refractivity contribution < 1.29 is 9.18 Å². The molecule has 0 unspecified atom stereocenters. The maximum absolute atomic E-state index is 12.1. The van der Waals surface area contributed by atoms with Crippen LogP contribution in [0, 0.1) is 0 Å². The topological polar surface area (TPSA) is 20.3 Å². The number of halogens is 1. The van der Waals surface area contributed by atoms with E-state index < -0.39 is 6.17 Å². The van der Waals surface area contributed by atoms with E-state index in [1.807, 2.05) is 4.90 Å². The summed E-state index contributed by atoms with van der Waals surface area (Å²) in [6.07, 6.45) is 3.25. The van der Waals surface area contributed by atoms with Crippen LogP contribution in [0.3, 0.4) is 0 Å². The Bertz CT molecular complexity index is 141. The Morgan fingerprint density at radius 3 is 2.80 bits per heavy atom. The first-order valence-corrected chi connectivity index (χ1v) is 3.29. The molecule has 0 aromatic carbocycles. The maximum Gasteiger partial charge on any atom is 0.142 e. The highest BCUT2D eigenvalue weighted by molar-refractivity contribution is 5.64. The summed E-state index contributed by atoms with van der Waals surface area (Å²) in [6, 6.07) is 0. The maximum atomic E-state index is 12.1. The Labute approximate surface area is 59.3 Å². The van der Waals surface area contributed by atoms with Crippen molar-refractivity contribution in [3.05, 3.63) is 12.2 Å². The Balaban J connectivity index is 2.05. The van der Waals surface area contributed by atoms with Crippen LogP contribution in [0.15, 0.2) is 12.2 Å². The Morgan fingerprint density at radius 2 is 2.30 bits per heavy atom. The van der Waals surface area contributed by atoms with E-state index in [0.29, 0.717) is 19.6 Å². The molecule has 10 heavy (non-hydrogen) atoms. The summed E-state index contributed by atoms with van der Waals surface area (Å²) >= 11 is 0. The highest BCUT2D eigenvalue weighted by Gasteiger charge is 2.24. The van der Waals surface area contributed by atoms with Gasteiger partial charge in [-0.3, -0.25) is 9.69 Å². The van der Waals surface area contributed by atoms with Crippen LogP contribution in [0.5, 0.6) is 0 Å². The Morgan fingerprint density at radius 1 is 1.60 bits per heavy atom. The van der Waals surface area contributed by atoms with E-state index in [9.17, 15) is 9.18 Å². The van der Waals surface area contributed by atoms with Crippen LogP contribution in [0.25, 0.3) is 0 Å². The molecule has 0 bridgehead atoms. The lowest BCUT2D eigenvalue weighted by molar-refractivity contribution is -0.104. The van der Waals surface area contributed by atoms with E-state index in [2.05, 4.69) is 0 Å². The lowest BCUT2D eigenvalue weighted by atomic mass is 10.2. The van der Waals surface area contributed by atoms with E-state index in [-0.39, 0.29) is 0 Å². The fraction of sp³-hybridized carbons (Fsp3) is 0.571. The van der Waals surface area contributed by atoms with Crippen LogP contribution in [0.1, 0.15) is 0 Å². The minimum atomic E-state index is -0.648.